The molecule has 0 saturated heterocycles. The second kappa shape index (κ2) is 9.83. The molecule has 0 heterocycles. The van der Waals surface area contributed by atoms with Crippen molar-refractivity contribution in [3.63, 3.8) is 0 Å². The molecular formula is C13H26. The zero-order valence-corrected chi connectivity index (χ0v) is 9.68. The average Bonchev–Trinajstić information content (AvgIpc) is 2.13. The summed E-state index contributed by atoms with van der Waals surface area (Å²) in [6.45, 7) is 6.85. The highest BCUT2D eigenvalue weighted by Crippen LogP contribution is 2.11. The van der Waals surface area contributed by atoms with Crippen LogP contribution in [0.1, 0.15) is 65.7 Å². The van der Waals surface area contributed by atoms with Crippen LogP contribution < -0.4 is 0 Å². The highest BCUT2D eigenvalue weighted by atomic mass is 14.0. The number of allylic oxidation sites excluding steroid dienone is 2. The molecule has 0 aliphatic rings. The van der Waals surface area contributed by atoms with Crippen LogP contribution in [0.5, 0.6) is 0 Å². The molecule has 0 aliphatic heterocycles. The maximum Gasteiger partial charge on any atom is -0.0262 e. The number of rotatable bonds is 8. The van der Waals surface area contributed by atoms with Gasteiger partial charge in [0.05, 0.1) is 0 Å². The molecule has 78 valence electrons. The Morgan fingerprint density at radius 1 is 1.00 bits per heavy atom. The van der Waals surface area contributed by atoms with Crippen molar-refractivity contribution in [1.82, 2.24) is 0 Å². The summed E-state index contributed by atoms with van der Waals surface area (Å²) in [5, 5.41) is 0. The molecular weight excluding hydrogens is 156 g/mol. The first-order valence-electron chi connectivity index (χ1n) is 5.97. The first-order valence-corrected chi connectivity index (χ1v) is 5.97. The summed E-state index contributed by atoms with van der Waals surface area (Å²) in [5.74, 6) is 0.795. The van der Waals surface area contributed by atoms with Gasteiger partial charge in [0.2, 0.25) is 0 Å². The topological polar surface area (TPSA) is 0 Å². The Morgan fingerprint density at radius 3 is 2.31 bits per heavy atom. The summed E-state index contributed by atoms with van der Waals surface area (Å²) in [4.78, 5) is 0. The predicted molar refractivity (Wildman–Crippen MR) is 62.0 cm³/mol. The zero-order chi connectivity index (χ0) is 9.94. The van der Waals surface area contributed by atoms with Crippen LogP contribution in [0.3, 0.4) is 0 Å². The van der Waals surface area contributed by atoms with E-state index < -0.39 is 0 Å². The van der Waals surface area contributed by atoms with Gasteiger partial charge in [0, 0.05) is 0 Å². The van der Waals surface area contributed by atoms with E-state index in [1.807, 2.05) is 0 Å². The van der Waals surface area contributed by atoms with Crippen molar-refractivity contribution in [2.45, 2.75) is 65.7 Å². The minimum Gasteiger partial charge on any atom is -0.0883 e. The van der Waals surface area contributed by atoms with E-state index in [0.717, 1.165) is 5.92 Å². The molecule has 0 aromatic heterocycles. The molecule has 0 radical (unpaired) electrons. The quantitative estimate of drug-likeness (QED) is 0.368. The Labute approximate surface area is 84.4 Å². The second-order valence-corrected chi connectivity index (χ2v) is 4.04. The van der Waals surface area contributed by atoms with E-state index in [2.05, 4.69) is 32.9 Å². The van der Waals surface area contributed by atoms with Crippen molar-refractivity contribution in [3.8, 4) is 0 Å². The molecule has 0 nitrogen and oxygen atoms in total. The van der Waals surface area contributed by atoms with Gasteiger partial charge < -0.3 is 0 Å². The van der Waals surface area contributed by atoms with E-state index in [1.54, 1.807) is 0 Å². The Bertz CT molecular complexity index is 113. The van der Waals surface area contributed by atoms with E-state index in [1.165, 1.54) is 44.9 Å². The van der Waals surface area contributed by atoms with Gasteiger partial charge in [-0.15, -0.1) is 0 Å². The highest BCUT2D eigenvalue weighted by molar-refractivity contribution is 4.85. The molecule has 0 spiro atoms. The summed E-state index contributed by atoms with van der Waals surface area (Å²) in [7, 11) is 0. The van der Waals surface area contributed by atoms with Crippen molar-refractivity contribution in [3.05, 3.63) is 12.2 Å². The second-order valence-electron chi connectivity index (χ2n) is 4.04. The maximum absolute atomic E-state index is 2.39. The fourth-order valence-corrected chi connectivity index (χ4v) is 1.46. The van der Waals surface area contributed by atoms with Crippen molar-refractivity contribution in [1.29, 1.82) is 0 Å². The molecule has 13 heavy (non-hydrogen) atoms. The summed E-state index contributed by atoms with van der Waals surface area (Å²) < 4.78 is 0. The van der Waals surface area contributed by atoms with Crippen LogP contribution in [0.4, 0.5) is 0 Å². The van der Waals surface area contributed by atoms with Crippen molar-refractivity contribution >= 4 is 0 Å². The SMILES string of the molecule is CCCC/C=C/[C@H](C)CCCCC. The summed E-state index contributed by atoms with van der Waals surface area (Å²) >= 11 is 0. The lowest BCUT2D eigenvalue weighted by Gasteiger charge is -2.04. The van der Waals surface area contributed by atoms with Crippen LogP contribution in [0, 0.1) is 5.92 Å². The molecule has 0 aromatic rings. The van der Waals surface area contributed by atoms with Crippen LogP contribution in [-0.4, -0.2) is 0 Å². The monoisotopic (exact) mass is 182 g/mol. The van der Waals surface area contributed by atoms with Gasteiger partial charge in [0.1, 0.15) is 0 Å². The van der Waals surface area contributed by atoms with Gasteiger partial charge in [0.15, 0.2) is 0 Å². The van der Waals surface area contributed by atoms with E-state index in [4.69, 9.17) is 0 Å². The van der Waals surface area contributed by atoms with E-state index in [0.29, 0.717) is 0 Å². The molecule has 0 unspecified atom stereocenters. The van der Waals surface area contributed by atoms with E-state index in [-0.39, 0.29) is 0 Å². The molecule has 0 heteroatoms. The summed E-state index contributed by atoms with van der Waals surface area (Å²) in [5.41, 5.74) is 0. The van der Waals surface area contributed by atoms with Crippen LogP contribution in [0.15, 0.2) is 12.2 Å². The Morgan fingerprint density at radius 2 is 1.69 bits per heavy atom. The van der Waals surface area contributed by atoms with Gasteiger partial charge in [-0.3, -0.25) is 0 Å². The van der Waals surface area contributed by atoms with E-state index >= 15 is 0 Å². The van der Waals surface area contributed by atoms with Crippen LogP contribution in [-0.2, 0) is 0 Å². The molecule has 0 aromatic carbocycles. The lowest BCUT2D eigenvalue weighted by atomic mass is 10.0. The zero-order valence-electron chi connectivity index (χ0n) is 9.68. The highest BCUT2D eigenvalue weighted by Gasteiger charge is 1.95. The Kier molecular flexibility index (Phi) is 9.63. The molecule has 1 atom stereocenters. The molecule has 0 fully saturated rings. The summed E-state index contributed by atoms with van der Waals surface area (Å²) in [6, 6.07) is 0. The van der Waals surface area contributed by atoms with Crippen molar-refractivity contribution < 1.29 is 0 Å². The minimum absolute atomic E-state index is 0.795. The van der Waals surface area contributed by atoms with Crippen LogP contribution in [0.2, 0.25) is 0 Å². The number of hydrogen-bond acceptors (Lipinski definition) is 0. The third-order valence-corrected chi connectivity index (χ3v) is 2.45. The minimum atomic E-state index is 0.795. The average molecular weight is 182 g/mol. The van der Waals surface area contributed by atoms with Gasteiger partial charge in [-0.1, -0.05) is 65.0 Å². The van der Waals surface area contributed by atoms with Crippen LogP contribution >= 0.6 is 0 Å². The largest absolute Gasteiger partial charge is 0.0883 e. The summed E-state index contributed by atoms with van der Waals surface area (Å²) in [6.07, 6.45) is 14.2. The standard InChI is InChI=1S/C13H26/c1-4-6-8-10-12-13(3)11-9-7-5-2/h10,12-13H,4-9,11H2,1-3H3/b12-10+/t13-/m1/s1. The number of hydrogen-bond donors (Lipinski definition) is 0. The normalized spacial score (nSPS) is 13.8. The van der Waals surface area contributed by atoms with Crippen molar-refractivity contribution in [2.75, 3.05) is 0 Å². The fourth-order valence-electron chi connectivity index (χ4n) is 1.46. The molecule has 0 N–H and O–H groups in total. The molecule has 0 saturated carbocycles. The fraction of sp³-hybridized carbons (Fsp3) is 0.846. The smallest absolute Gasteiger partial charge is 0.0262 e. The first kappa shape index (κ1) is 12.7. The van der Waals surface area contributed by atoms with Crippen LogP contribution in [0.25, 0.3) is 0 Å². The molecule has 0 aliphatic carbocycles. The van der Waals surface area contributed by atoms with Gasteiger partial charge in [-0.2, -0.15) is 0 Å². The third kappa shape index (κ3) is 9.66. The van der Waals surface area contributed by atoms with Gasteiger partial charge in [-0.05, 0) is 18.8 Å². The Hall–Kier alpha value is -0.260. The van der Waals surface area contributed by atoms with Gasteiger partial charge in [0.25, 0.3) is 0 Å². The lowest BCUT2D eigenvalue weighted by Crippen LogP contribution is -1.89. The Balaban J connectivity index is 3.27. The van der Waals surface area contributed by atoms with Gasteiger partial charge in [-0.25, -0.2) is 0 Å². The molecule has 0 amide bonds. The number of unbranched alkanes of at least 4 members (excludes halogenated alkanes) is 4. The van der Waals surface area contributed by atoms with Crippen molar-refractivity contribution in [2.24, 2.45) is 5.92 Å². The molecule has 0 rings (SSSR count). The maximum atomic E-state index is 2.39. The first-order chi connectivity index (χ1) is 6.31. The lowest BCUT2D eigenvalue weighted by molar-refractivity contribution is 0.574. The predicted octanol–water partition coefficient (Wildman–Crippen LogP) is 4.95. The van der Waals surface area contributed by atoms with Gasteiger partial charge >= 0.3 is 0 Å². The molecule has 0 bridgehead atoms. The van der Waals surface area contributed by atoms with E-state index in [9.17, 15) is 0 Å². The third-order valence-electron chi connectivity index (χ3n) is 2.45.